The van der Waals surface area contributed by atoms with Gasteiger partial charge in [-0.3, -0.25) is 9.59 Å². The number of esters is 1. The first kappa shape index (κ1) is 32.1. The molecule has 4 rings (SSSR count). The molecular weight excluding hydrogens is 569 g/mol. The van der Waals surface area contributed by atoms with Gasteiger partial charge in [0.25, 0.3) is 0 Å². The van der Waals surface area contributed by atoms with Crippen LogP contribution in [-0.2, 0) is 30.6 Å². The topological polar surface area (TPSA) is 101 Å². The Morgan fingerprint density at radius 3 is 2.26 bits per heavy atom. The number of hydrogen-bond acceptors (Lipinski definition) is 6. The smallest absolute Gasteiger partial charge is 0.303 e. The lowest BCUT2D eigenvalue weighted by Gasteiger charge is -2.48. The molecule has 1 aliphatic heterocycles. The molecule has 1 fully saturated rings. The van der Waals surface area contributed by atoms with Gasteiger partial charge in [-0.1, -0.05) is 55.1 Å². The van der Waals surface area contributed by atoms with E-state index in [1.54, 1.807) is 17.0 Å². The van der Waals surface area contributed by atoms with Crippen molar-refractivity contribution in [3.05, 3.63) is 107 Å². The van der Waals surface area contributed by atoms with E-state index in [1.807, 2.05) is 48.5 Å². The van der Waals surface area contributed by atoms with Crippen LogP contribution >= 0.6 is 0 Å². The lowest BCUT2D eigenvalue weighted by Crippen LogP contribution is -2.55. The van der Waals surface area contributed by atoms with Crippen molar-refractivity contribution in [1.82, 2.24) is 0 Å². The van der Waals surface area contributed by atoms with E-state index in [2.05, 4.69) is 6.58 Å². The van der Waals surface area contributed by atoms with Gasteiger partial charge in [-0.2, -0.15) is 0 Å². The highest BCUT2D eigenvalue weighted by Crippen LogP contribution is 2.46. The first-order chi connectivity index (χ1) is 20.5. The third-order valence-corrected chi connectivity index (χ3v) is 8.83. The van der Waals surface area contributed by atoms with E-state index in [4.69, 9.17) is 4.74 Å². The molecule has 0 bridgehead atoms. The maximum absolute atomic E-state index is 13.6. The normalized spacial score (nSPS) is 17.3. The largest absolute Gasteiger partial charge is 0.458 e. The summed E-state index contributed by atoms with van der Waals surface area (Å²) in [7, 11) is -2.98. The van der Waals surface area contributed by atoms with Crippen molar-refractivity contribution in [3.63, 3.8) is 0 Å². The minimum absolute atomic E-state index is 0.0459. The molecule has 1 N–H and O–H groups in total. The van der Waals surface area contributed by atoms with Gasteiger partial charge in [-0.05, 0) is 84.2 Å². The van der Waals surface area contributed by atoms with Crippen LogP contribution in [0, 0.1) is 11.7 Å². The van der Waals surface area contributed by atoms with Crippen molar-refractivity contribution in [1.29, 1.82) is 0 Å². The van der Waals surface area contributed by atoms with E-state index in [-0.39, 0.29) is 36.0 Å². The van der Waals surface area contributed by atoms with Gasteiger partial charge in [0.15, 0.2) is 0 Å². The van der Waals surface area contributed by atoms with Gasteiger partial charge in [0.2, 0.25) is 5.91 Å². The van der Waals surface area contributed by atoms with Gasteiger partial charge in [0, 0.05) is 24.6 Å². The summed E-state index contributed by atoms with van der Waals surface area (Å²) in [6.45, 7) is 5.06. The minimum Gasteiger partial charge on any atom is -0.458 e. The molecule has 1 amide bonds. The minimum atomic E-state index is -2.98. The zero-order chi connectivity index (χ0) is 31.1. The lowest BCUT2D eigenvalue weighted by molar-refractivity contribution is -0.147. The summed E-state index contributed by atoms with van der Waals surface area (Å²) in [5.74, 6) is -1.09. The summed E-state index contributed by atoms with van der Waals surface area (Å²) in [4.78, 5) is 27.3. The van der Waals surface area contributed by atoms with Crippen molar-refractivity contribution in [3.8, 4) is 0 Å². The Morgan fingerprint density at radius 2 is 1.67 bits per heavy atom. The highest BCUT2D eigenvalue weighted by molar-refractivity contribution is 7.90. The lowest BCUT2D eigenvalue weighted by atomic mass is 9.78. The van der Waals surface area contributed by atoms with Crippen LogP contribution in [0.4, 0.5) is 10.1 Å². The van der Waals surface area contributed by atoms with Crippen LogP contribution in [-0.4, -0.2) is 44.0 Å². The zero-order valence-electron chi connectivity index (χ0n) is 24.5. The molecule has 9 heteroatoms. The summed E-state index contributed by atoms with van der Waals surface area (Å²) in [5.41, 5.74) is 4.82. The Labute approximate surface area is 252 Å². The molecule has 228 valence electrons. The van der Waals surface area contributed by atoms with Gasteiger partial charge < -0.3 is 14.7 Å². The molecule has 1 unspecified atom stereocenters. The third kappa shape index (κ3) is 8.39. The van der Waals surface area contributed by atoms with Gasteiger partial charge >= 0.3 is 5.97 Å². The average Bonchev–Trinajstić information content (AvgIpc) is 2.97. The molecule has 1 heterocycles. The third-order valence-electron chi connectivity index (χ3n) is 7.80. The Hall–Kier alpha value is -3.82. The molecule has 0 aromatic heterocycles. The molecule has 0 radical (unpaired) electrons. The molecule has 7 nitrogen and oxygen atoms in total. The van der Waals surface area contributed by atoms with Crippen LogP contribution < -0.4 is 4.90 Å². The van der Waals surface area contributed by atoms with Crippen LogP contribution in [0.5, 0.6) is 0 Å². The number of benzene rings is 3. The predicted molar refractivity (Wildman–Crippen MR) is 166 cm³/mol. The summed E-state index contributed by atoms with van der Waals surface area (Å²) < 4.78 is 41.9. The van der Waals surface area contributed by atoms with E-state index in [0.29, 0.717) is 30.4 Å². The number of β-lactam (4-membered cyclic amide) rings is 1. The van der Waals surface area contributed by atoms with Gasteiger partial charge in [-0.15, -0.1) is 0 Å². The number of sulfone groups is 1. The summed E-state index contributed by atoms with van der Waals surface area (Å²) in [6, 6.07) is 20.9. The number of anilines is 1. The quantitative estimate of drug-likeness (QED) is 0.137. The molecule has 0 aliphatic carbocycles. The van der Waals surface area contributed by atoms with Crippen molar-refractivity contribution >= 4 is 33.0 Å². The van der Waals surface area contributed by atoms with E-state index >= 15 is 0 Å². The standard InChI is InChI=1S/C34H38FNO6S/c1-23(22-37)26-9-11-28(12-10-26)33-31(19-20-32(42-24(2)38)27-13-15-29(35)16-14-27)34(39)36(33)30-17-7-25(8-18-30)6-4-5-21-43(3,40)41/h7-18,31-33,37H,1,4-6,19-22H2,2-3H3/t31?,32-,33+/m0/s1. The fourth-order valence-electron chi connectivity index (χ4n) is 5.53. The average molecular weight is 608 g/mol. The van der Waals surface area contributed by atoms with Gasteiger partial charge in [0.1, 0.15) is 21.8 Å². The highest BCUT2D eigenvalue weighted by Gasteiger charge is 2.48. The Balaban J connectivity index is 1.54. The maximum atomic E-state index is 13.6. The molecule has 1 aliphatic rings. The van der Waals surface area contributed by atoms with Crippen molar-refractivity contribution in [2.24, 2.45) is 5.92 Å². The fourth-order valence-corrected chi connectivity index (χ4v) is 6.25. The number of nitrogens with zero attached hydrogens (tertiary/aromatic N) is 1. The molecule has 3 atom stereocenters. The molecular formula is C34H38FNO6S. The monoisotopic (exact) mass is 607 g/mol. The number of halogens is 1. The fraction of sp³-hybridized carbons (Fsp3) is 0.353. The van der Waals surface area contributed by atoms with Crippen molar-refractivity contribution in [2.45, 2.75) is 51.2 Å². The van der Waals surface area contributed by atoms with Gasteiger partial charge in [-0.25, -0.2) is 12.8 Å². The second-order valence-corrected chi connectivity index (χ2v) is 13.4. The number of amides is 1. The van der Waals surface area contributed by atoms with E-state index in [0.717, 1.165) is 35.2 Å². The van der Waals surface area contributed by atoms with E-state index in [1.165, 1.54) is 25.3 Å². The Bertz CT molecular complexity index is 1540. The molecule has 3 aromatic rings. The number of carbonyl (C=O) groups is 2. The van der Waals surface area contributed by atoms with E-state index < -0.39 is 21.9 Å². The molecule has 43 heavy (non-hydrogen) atoms. The van der Waals surface area contributed by atoms with Crippen molar-refractivity contribution in [2.75, 3.05) is 23.5 Å². The number of hydrogen-bond donors (Lipinski definition) is 1. The summed E-state index contributed by atoms with van der Waals surface area (Å²) >= 11 is 0. The molecule has 0 spiro atoms. The Morgan fingerprint density at radius 1 is 1.02 bits per heavy atom. The number of rotatable bonds is 14. The van der Waals surface area contributed by atoms with Crippen LogP contribution in [0.25, 0.3) is 5.57 Å². The number of aryl methyl sites for hydroxylation is 1. The van der Waals surface area contributed by atoms with Crippen LogP contribution in [0.3, 0.4) is 0 Å². The van der Waals surface area contributed by atoms with E-state index in [9.17, 15) is 27.5 Å². The number of aliphatic hydroxyl groups is 1. The SMILES string of the molecule is C=C(CO)c1ccc([C@@H]2C(CC[C@H](OC(C)=O)c3ccc(F)cc3)C(=O)N2c2ccc(CCCCS(C)(=O)=O)cc2)cc1. The Kier molecular flexibility index (Phi) is 10.5. The van der Waals surface area contributed by atoms with Crippen LogP contribution in [0.2, 0.25) is 0 Å². The molecule has 3 aromatic carbocycles. The van der Waals surface area contributed by atoms with Crippen molar-refractivity contribution < 1.29 is 32.2 Å². The first-order valence-corrected chi connectivity index (χ1v) is 16.4. The first-order valence-electron chi connectivity index (χ1n) is 14.4. The molecule has 1 saturated heterocycles. The maximum Gasteiger partial charge on any atom is 0.303 e. The number of ether oxygens (including phenoxy) is 1. The second-order valence-electron chi connectivity index (χ2n) is 11.1. The number of unbranched alkanes of at least 4 members (excludes halogenated alkanes) is 1. The number of aliphatic hydroxyl groups excluding tert-OH is 1. The summed E-state index contributed by atoms with van der Waals surface area (Å²) in [6.07, 6.45) is 3.55. The van der Waals surface area contributed by atoms with Crippen LogP contribution in [0.15, 0.2) is 79.4 Å². The summed E-state index contributed by atoms with van der Waals surface area (Å²) in [5, 5.41) is 9.48. The number of carbonyl (C=O) groups excluding carboxylic acids is 2. The van der Waals surface area contributed by atoms with Gasteiger partial charge in [0.05, 0.1) is 18.6 Å². The van der Waals surface area contributed by atoms with Crippen LogP contribution in [0.1, 0.15) is 67.0 Å². The predicted octanol–water partition coefficient (Wildman–Crippen LogP) is 5.99. The second kappa shape index (κ2) is 14.1. The molecule has 0 saturated carbocycles. The highest BCUT2D eigenvalue weighted by atomic mass is 32.2. The zero-order valence-corrected chi connectivity index (χ0v) is 25.4.